The van der Waals surface area contributed by atoms with Crippen LogP contribution in [0.3, 0.4) is 0 Å². The third-order valence-corrected chi connectivity index (χ3v) is 5.39. The summed E-state index contributed by atoms with van der Waals surface area (Å²) in [6, 6.07) is 14.2. The summed E-state index contributed by atoms with van der Waals surface area (Å²) in [5, 5.41) is 8.42. The molecule has 0 spiro atoms. The van der Waals surface area contributed by atoms with Crippen molar-refractivity contribution in [1.29, 1.82) is 0 Å². The number of hydrogen-bond acceptors (Lipinski definition) is 4. The molecule has 1 aromatic heterocycles. The zero-order valence-electron chi connectivity index (χ0n) is 16.5. The number of likely N-dealkylation sites (tertiary alicyclic amines) is 1. The molecule has 0 aliphatic carbocycles. The van der Waals surface area contributed by atoms with Crippen molar-refractivity contribution in [2.75, 3.05) is 33.3 Å². The first-order valence-corrected chi connectivity index (χ1v) is 9.95. The number of rotatable bonds is 6. The number of nitrogens with one attached hydrogen (secondary N) is 2. The van der Waals surface area contributed by atoms with Crippen LogP contribution in [0.5, 0.6) is 5.75 Å². The smallest absolute Gasteiger partial charge is 0.279 e. The lowest BCUT2D eigenvalue weighted by molar-refractivity contribution is -0.886. The molecule has 1 amide bonds. The van der Waals surface area contributed by atoms with Gasteiger partial charge in [-0.05, 0) is 18.2 Å². The predicted molar refractivity (Wildman–Crippen MR) is 111 cm³/mol. The van der Waals surface area contributed by atoms with Crippen molar-refractivity contribution in [2.45, 2.75) is 12.8 Å². The van der Waals surface area contributed by atoms with E-state index in [9.17, 15) is 9.59 Å². The molecule has 1 fully saturated rings. The van der Waals surface area contributed by atoms with Crippen molar-refractivity contribution < 1.29 is 14.4 Å². The summed E-state index contributed by atoms with van der Waals surface area (Å²) < 4.78 is 6.53. The number of quaternary nitrogens is 1. The molecule has 1 aliphatic heterocycles. The van der Waals surface area contributed by atoms with Gasteiger partial charge in [-0.25, -0.2) is 0 Å². The molecular weight excluding hydrogens is 368 g/mol. The highest BCUT2D eigenvalue weighted by molar-refractivity contribution is 6.04. The van der Waals surface area contributed by atoms with Crippen LogP contribution in [0.2, 0.25) is 0 Å². The molecule has 0 unspecified atom stereocenters. The number of ether oxygens (including phenoxy) is 1. The van der Waals surface area contributed by atoms with E-state index in [-0.39, 0.29) is 17.2 Å². The molecule has 4 rings (SSSR count). The molecule has 2 heterocycles. The maximum absolute atomic E-state index is 13.0. The van der Waals surface area contributed by atoms with Crippen LogP contribution in [0.25, 0.3) is 16.5 Å². The van der Waals surface area contributed by atoms with Gasteiger partial charge in [-0.1, -0.05) is 24.3 Å². The summed E-state index contributed by atoms with van der Waals surface area (Å²) in [5.74, 6) is 0.348. The summed E-state index contributed by atoms with van der Waals surface area (Å²) in [7, 11) is 1.57. The van der Waals surface area contributed by atoms with Crippen molar-refractivity contribution in [2.24, 2.45) is 0 Å². The number of nitrogens with zero attached hydrogens (tertiary/aromatic N) is 2. The number of methoxy groups -OCH3 is 1. The molecule has 1 saturated heterocycles. The zero-order chi connectivity index (χ0) is 20.2. The molecule has 0 radical (unpaired) electrons. The Bertz CT molecular complexity index is 1090. The second-order valence-corrected chi connectivity index (χ2v) is 7.28. The molecule has 3 aromatic rings. The number of amides is 1. The lowest BCUT2D eigenvalue weighted by Crippen LogP contribution is -3.10. The number of carbonyl (C=O) groups excluding carboxylic acids is 1. The Morgan fingerprint density at radius 1 is 1.14 bits per heavy atom. The molecule has 7 heteroatoms. The maximum atomic E-state index is 13.0. The van der Waals surface area contributed by atoms with E-state index in [2.05, 4.69) is 10.4 Å². The summed E-state index contributed by atoms with van der Waals surface area (Å²) >= 11 is 0. The average molecular weight is 393 g/mol. The standard InChI is InChI=1S/C22H24N4O3/c1-29-17-8-6-7-16(15-17)26-22(28)19-10-3-2-9-18(19)20(24-26)21(27)23-11-14-25-12-4-5-13-25/h2-3,6-10,15H,4-5,11-14H2,1H3,(H,23,27)/p+1. The van der Waals surface area contributed by atoms with Gasteiger partial charge in [0.05, 0.1) is 44.4 Å². The van der Waals surface area contributed by atoms with Gasteiger partial charge in [-0.3, -0.25) is 9.59 Å². The van der Waals surface area contributed by atoms with Crippen LogP contribution in [0.15, 0.2) is 53.3 Å². The topological polar surface area (TPSA) is 77.7 Å². The molecule has 1 aliphatic rings. The molecule has 150 valence electrons. The highest BCUT2D eigenvalue weighted by Gasteiger charge is 2.19. The Hall–Kier alpha value is -3.19. The minimum atomic E-state index is -0.271. The van der Waals surface area contributed by atoms with Crippen LogP contribution in [0.4, 0.5) is 0 Å². The van der Waals surface area contributed by atoms with Gasteiger partial charge in [0.15, 0.2) is 5.69 Å². The van der Waals surface area contributed by atoms with Gasteiger partial charge in [0.25, 0.3) is 11.5 Å². The number of hydrogen-bond donors (Lipinski definition) is 2. The van der Waals surface area contributed by atoms with E-state index >= 15 is 0 Å². The van der Waals surface area contributed by atoms with E-state index in [1.165, 1.54) is 22.4 Å². The SMILES string of the molecule is COc1cccc(-n2nc(C(=O)NCC[NH+]3CCCC3)c3ccccc3c2=O)c1. The first-order valence-electron chi connectivity index (χ1n) is 9.95. The monoisotopic (exact) mass is 393 g/mol. The van der Waals surface area contributed by atoms with Crippen molar-refractivity contribution >= 4 is 16.7 Å². The molecule has 7 nitrogen and oxygen atoms in total. The molecule has 2 aromatic carbocycles. The first kappa shape index (κ1) is 19.1. The van der Waals surface area contributed by atoms with Gasteiger partial charge < -0.3 is 15.0 Å². The van der Waals surface area contributed by atoms with Gasteiger partial charge in [0, 0.05) is 24.3 Å². The number of carbonyl (C=O) groups is 1. The van der Waals surface area contributed by atoms with Crippen molar-refractivity contribution in [3.8, 4) is 11.4 Å². The summed E-state index contributed by atoms with van der Waals surface area (Å²) in [5.41, 5.74) is 0.530. The molecule has 0 bridgehead atoms. The lowest BCUT2D eigenvalue weighted by Gasteiger charge is -2.14. The van der Waals surface area contributed by atoms with E-state index in [1.807, 2.05) is 6.07 Å². The second-order valence-electron chi connectivity index (χ2n) is 7.28. The fraction of sp³-hybridized carbons (Fsp3) is 0.318. The molecular formula is C22H25N4O3+. The Kier molecular flexibility index (Phi) is 5.57. The quantitative estimate of drug-likeness (QED) is 0.650. The molecule has 0 saturated carbocycles. The first-order chi connectivity index (χ1) is 14.2. The fourth-order valence-corrected chi connectivity index (χ4v) is 3.84. The minimum Gasteiger partial charge on any atom is -0.497 e. The van der Waals surface area contributed by atoms with Gasteiger partial charge >= 0.3 is 0 Å². The van der Waals surface area contributed by atoms with E-state index < -0.39 is 0 Å². The molecule has 2 N–H and O–H groups in total. The molecule has 29 heavy (non-hydrogen) atoms. The predicted octanol–water partition coefficient (Wildman–Crippen LogP) is 0.803. The Morgan fingerprint density at radius 2 is 1.90 bits per heavy atom. The van der Waals surface area contributed by atoms with E-state index in [1.54, 1.807) is 49.6 Å². The normalized spacial score (nSPS) is 14.2. The third-order valence-electron chi connectivity index (χ3n) is 5.39. The lowest BCUT2D eigenvalue weighted by atomic mass is 10.1. The van der Waals surface area contributed by atoms with E-state index in [4.69, 9.17) is 4.74 Å². The Balaban J connectivity index is 1.69. The summed E-state index contributed by atoms with van der Waals surface area (Å²) in [6.07, 6.45) is 2.50. The van der Waals surface area contributed by atoms with Crippen LogP contribution in [0.1, 0.15) is 23.3 Å². The average Bonchev–Trinajstić information content (AvgIpc) is 3.27. The maximum Gasteiger partial charge on any atom is 0.279 e. The second kappa shape index (κ2) is 8.45. The van der Waals surface area contributed by atoms with Gasteiger partial charge in [-0.15, -0.1) is 0 Å². The minimum absolute atomic E-state index is 0.249. The van der Waals surface area contributed by atoms with E-state index in [0.29, 0.717) is 28.8 Å². The van der Waals surface area contributed by atoms with Crippen LogP contribution < -0.4 is 20.5 Å². The van der Waals surface area contributed by atoms with Crippen molar-refractivity contribution in [3.05, 3.63) is 64.6 Å². The van der Waals surface area contributed by atoms with Crippen LogP contribution in [0, 0.1) is 0 Å². The van der Waals surface area contributed by atoms with Gasteiger partial charge in [0.1, 0.15) is 5.75 Å². The fourth-order valence-electron chi connectivity index (χ4n) is 3.84. The van der Waals surface area contributed by atoms with Crippen LogP contribution in [-0.4, -0.2) is 49.0 Å². The Morgan fingerprint density at radius 3 is 2.66 bits per heavy atom. The molecule has 0 atom stereocenters. The van der Waals surface area contributed by atoms with Gasteiger partial charge in [0.2, 0.25) is 0 Å². The highest BCUT2D eigenvalue weighted by atomic mass is 16.5. The van der Waals surface area contributed by atoms with Gasteiger partial charge in [-0.2, -0.15) is 9.78 Å². The summed E-state index contributed by atoms with van der Waals surface area (Å²) in [4.78, 5) is 27.5. The zero-order valence-corrected chi connectivity index (χ0v) is 16.5. The van der Waals surface area contributed by atoms with Crippen molar-refractivity contribution in [3.63, 3.8) is 0 Å². The van der Waals surface area contributed by atoms with Crippen molar-refractivity contribution in [1.82, 2.24) is 15.1 Å². The Labute approximate surface area is 168 Å². The largest absolute Gasteiger partial charge is 0.497 e. The third kappa shape index (κ3) is 4.00. The number of fused-ring (bicyclic) bond motifs is 1. The number of benzene rings is 2. The van der Waals surface area contributed by atoms with Crippen LogP contribution >= 0.6 is 0 Å². The number of aromatic nitrogens is 2. The summed E-state index contributed by atoms with van der Waals surface area (Å²) in [6.45, 7) is 3.82. The van der Waals surface area contributed by atoms with Crippen LogP contribution in [-0.2, 0) is 0 Å². The van der Waals surface area contributed by atoms with E-state index in [0.717, 1.165) is 19.6 Å². The highest BCUT2D eigenvalue weighted by Crippen LogP contribution is 2.18.